The van der Waals surface area contributed by atoms with Gasteiger partial charge in [-0.2, -0.15) is 0 Å². The molecule has 0 spiro atoms. The van der Waals surface area contributed by atoms with E-state index in [1.165, 1.54) is 33.4 Å². The summed E-state index contributed by atoms with van der Waals surface area (Å²) in [6.07, 6.45) is 3.53. The van der Waals surface area contributed by atoms with Gasteiger partial charge in [0, 0.05) is 0 Å². The molecule has 2 aromatic rings. The van der Waals surface area contributed by atoms with Crippen LogP contribution in [0.5, 0.6) is 0 Å². The molecular formula is C20H23Li. The third-order valence-corrected chi connectivity index (χ3v) is 4.20. The number of aryl methyl sites for hydroxylation is 2. The summed E-state index contributed by atoms with van der Waals surface area (Å²) < 4.78 is 0. The molecule has 0 saturated carbocycles. The molecule has 3 rings (SSSR count). The van der Waals surface area contributed by atoms with Gasteiger partial charge in [0.25, 0.3) is 0 Å². The molecule has 0 atom stereocenters. The summed E-state index contributed by atoms with van der Waals surface area (Å²) in [7, 11) is 0. The molecule has 2 aromatic carbocycles. The van der Waals surface area contributed by atoms with Crippen LogP contribution in [0.3, 0.4) is 0 Å². The third kappa shape index (κ3) is 3.18. The van der Waals surface area contributed by atoms with Crippen LogP contribution in [0.15, 0.2) is 42.0 Å². The summed E-state index contributed by atoms with van der Waals surface area (Å²) in [5.74, 6) is 0.634. The maximum absolute atomic E-state index is 2.41. The number of hydrogen-bond donors (Lipinski definition) is 0. The van der Waals surface area contributed by atoms with Gasteiger partial charge in [-0.05, 0) is 48.4 Å². The Bertz CT molecular complexity index is 673. The van der Waals surface area contributed by atoms with Crippen molar-refractivity contribution in [2.24, 2.45) is 5.92 Å². The topological polar surface area (TPSA) is 0 Å². The van der Waals surface area contributed by atoms with Crippen LogP contribution in [0, 0.1) is 19.8 Å². The molecule has 1 heteroatoms. The monoisotopic (exact) mass is 270 g/mol. The van der Waals surface area contributed by atoms with E-state index in [1.807, 2.05) is 0 Å². The molecule has 0 nitrogen and oxygen atoms in total. The van der Waals surface area contributed by atoms with Gasteiger partial charge in [0.1, 0.15) is 0 Å². The SMILES string of the molecule is Cc1cc(C)cc(-c2cccc3c2C=C(C(C)C)C3)c1.[LiH]. The Morgan fingerprint density at radius 1 is 0.952 bits per heavy atom. The van der Waals surface area contributed by atoms with Crippen LogP contribution in [-0.4, -0.2) is 18.9 Å². The predicted octanol–water partition coefficient (Wildman–Crippen LogP) is 4.92. The Morgan fingerprint density at radius 2 is 1.62 bits per heavy atom. The van der Waals surface area contributed by atoms with E-state index in [0.29, 0.717) is 5.92 Å². The van der Waals surface area contributed by atoms with Crippen LogP contribution in [-0.2, 0) is 6.42 Å². The van der Waals surface area contributed by atoms with Crippen LogP contribution in [0.4, 0.5) is 0 Å². The minimum absolute atomic E-state index is 0. The van der Waals surface area contributed by atoms with Crippen LogP contribution in [0.2, 0.25) is 0 Å². The number of benzene rings is 2. The van der Waals surface area contributed by atoms with Crippen molar-refractivity contribution in [2.45, 2.75) is 34.1 Å². The van der Waals surface area contributed by atoms with E-state index in [0.717, 1.165) is 6.42 Å². The Morgan fingerprint density at radius 3 is 2.24 bits per heavy atom. The van der Waals surface area contributed by atoms with Gasteiger partial charge in [-0.3, -0.25) is 0 Å². The summed E-state index contributed by atoms with van der Waals surface area (Å²) in [4.78, 5) is 0. The van der Waals surface area contributed by atoms with Crippen molar-refractivity contribution in [2.75, 3.05) is 0 Å². The zero-order chi connectivity index (χ0) is 14.3. The zero-order valence-corrected chi connectivity index (χ0v) is 12.8. The van der Waals surface area contributed by atoms with Gasteiger partial charge in [-0.15, -0.1) is 0 Å². The van der Waals surface area contributed by atoms with Crippen LogP contribution in [0.25, 0.3) is 17.2 Å². The molecule has 0 radical (unpaired) electrons. The Labute approximate surface area is 140 Å². The van der Waals surface area contributed by atoms with Gasteiger partial charge < -0.3 is 0 Å². The molecule has 0 saturated heterocycles. The summed E-state index contributed by atoms with van der Waals surface area (Å²) in [6.45, 7) is 8.92. The van der Waals surface area contributed by atoms with E-state index in [1.54, 1.807) is 5.57 Å². The van der Waals surface area contributed by atoms with Gasteiger partial charge in [-0.1, -0.05) is 73.0 Å². The van der Waals surface area contributed by atoms with Crippen molar-refractivity contribution in [3.05, 3.63) is 64.2 Å². The average molecular weight is 270 g/mol. The van der Waals surface area contributed by atoms with Crippen molar-refractivity contribution in [3.8, 4) is 11.1 Å². The van der Waals surface area contributed by atoms with Crippen LogP contribution in [0.1, 0.15) is 36.1 Å². The van der Waals surface area contributed by atoms with E-state index in [-0.39, 0.29) is 18.9 Å². The summed E-state index contributed by atoms with van der Waals surface area (Å²) >= 11 is 0. The molecule has 1 aliphatic rings. The van der Waals surface area contributed by atoms with Gasteiger partial charge in [0.15, 0.2) is 0 Å². The first-order chi connectivity index (χ1) is 9.54. The standard InChI is InChI=1S/C20H22.Li.H/c1-13(2)17-11-16-6-5-7-19(20(16)12-17)18-9-14(3)8-15(4)10-18;;/h5-10,12-13H,11H2,1-4H3;;. The second kappa shape index (κ2) is 6.26. The van der Waals surface area contributed by atoms with E-state index < -0.39 is 0 Å². The van der Waals surface area contributed by atoms with E-state index in [2.05, 4.69) is 70.2 Å². The van der Waals surface area contributed by atoms with Crippen LogP contribution < -0.4 is 0 Å². The molecule has 1 aliphatic carbocycles. The van der Waals surface area contributed by atoms with Crippen molar-refractivity contribution in [3.63, 3.8) is 0 Å². The van der Waals surface area contributed by atoms with Gasteiger partial charge in [-0.25, -0.2) is 0 Å². The Hall–Kier alpha value is -1.22. The number of rotatable bonds is 2. The van der Waals surface area contributed by atoms with Crippen LogP contribution >= 0.6 is 0 Å². The molecule has 104 valence electrons. The molecule has 0 amide bonds. The molecule has 0 N–H and O–H groups in total. The van der Waals surface area contributed by atoms with Gasteiger partial charge in [0.2, 0.25) is 0 Å². The minimum atomic E-state index is 0. The number of allylic oxidation sites excluding steroid dienone is 1. The summed E-state index contributed by atoms with van der Waals surface area (Å²) in [5, 5.41) is 0. The quantitative estimate of drug-likeness (QED) is 0.680. The maximum atomic E-state index is 2.41. The molecule has 0 bridgehead atoms. The van der Waals surface area contributed by atoms with Crippen molar-refractivity contribution < 1.29 is 0 Å². The first-order valence-corrected chi connectivity index (χ1v) is 7.45. The second-order valence-corrected chi connectivity index (χ2v) is 6.31. The normalized spacial score (nSPS) is 12.9. The Kier molecular flexibility index (Phi) is 4.82. The molecule has 0 heterocycles. The van der Waals surface area contributed by atoms with Crippen molar-refractivity contribution >= 4 is 24.9 Å². The fourth-order valence-electron chi connectivity index (χ4n) is 3.15. The van der Waals surface area contributed by atoms with Gasteiger partial charge in [0.05, 0.1) is 0 Å². The number of hydrogen-bond acceptors (Lipinski definition) is 0. The molecule has 0 aromatic heterocycles. The Balaban J connectivity index is 0.00000161. The first-order valence-electron chi connectivity index (χ1n) is 7.45. The van der Waals surface area contributed by atoms with E-state index >= 15 is 0 Å². The summed E-state index contributed by atoms with van der Waals surface area (Å²) in [5.41, 5.74) is 9.86. The van der Waals surface area contributed by atoms with E-state index in [9.17, 15) is 0 Å². The molecule has 0 aliphatic heterocycles. The summed E-state index contributed by atoms with van der Waals surface area (Å²) in [6, 6.07) is 13.6. The molecule has 0 fully saturated rings. The van der Waals surface area contributed by atoms with E-state index in [4.69, 9.17) is 0 Å². The average Bonchev–Trinajstić information content (AvgIpc) is 2.81. The fourth-order valence-corrected chi connectivity index (χ4v) is 3.15. The third-order valence-electron chi connectivity index (χ3n) is 4.20. The molecular weight excluding hydrogens is 247 g/mol. The van der Waals surface area contributed by atoms with Crippen molar-refractivity contribution in [1.29, 1.82) is 0 Å². The van der Waals surface area contributed by atoms with Crippen molar-refractivity contribution in [1.82, 2.24) is 0 Å². The fraction of sp³-hybridized carbons (Fsp3) is 0.300. The molecule has 21 heavy (non-hydrogen) atoms. The molecule has 0 unspecified atom stereocenters. The number of fused-ring (bicyclic) bond motifs is 1. The van der Waals surface area contributed by atoms with Gasteiger partial charge >= 0.3 is 18.9 Å². The zero-order valence-electron chi connectivity index (χ0n) is 12.8. The second-order valence-electron chi connectivity index (χ2n) is 6.31. The predicted molar refractivity (Wildman–Crippen MR) is 95.0 cm³/mol. The first kappa shape index (κ1) is 16.2.